The number of aliphatic hydroxyl groups is 3. The summed E-state index contributed by atoms with van der Waals surface area (Å²) < 4.78 is 29.4. The molecule has 0 radical (unpaired) electrons. The number of esters is 1. The number of cyclic esters (lactones) is 1. The van der Waals surface area contributed by atoms with Crippen LogP contribution in [-0.2, 0) is 47.7 Å². The average molecular weight is 914 g/mol. The fraction of sp³-hybridized carbons (Fsp3) is 0.745. The maximum Gasteiger partial charge on any atom is 0.329 e. The Bertz CT molecular complexity index is 1760. The van der Waals surface area contributed by atoms with Gasteiger partial charge in [0, 0.05) is 58.5 Å². The molecule has 4 aliphatic rings. The van der Waals surface area contributed by atoms with Crippen LogP contribution in [0.1, 0.15) is 126 Å². The van der Waals surface area contributed by atoms with Gasteiger partial charge in [-0.05, 0) is 107 Å². The molecule has 2 unspecified atom stereocenters. The van der Waals surface area contributed by atoms with Gasteiger partial charge in [0.25, 0.3) is 11.7 Å². The van der Waals surface area contributed by atoms with Crippen molar-refractivity contribution in [2.24, 2.45) is 35.5 Å². The monoisotopic (exact) mass is 914 g/mol. The van der Waals surface area contributed by atoms with E-state index in [-0.39, 0.29) is 54.8 Å². The molecule has 4 rings (SSSR count). The lowest BCUT2D eigenvalue weighted by molar-refractivity contribution is -0.265. The molecule has 2 saturated heterocycles. The molecule has 3 fully saturated rings. The van der Waals surface area contributed by atoms with Crippen LogP contribution in [0.4, 0.5) is 0 Å². The highest BCUT2D eigenvalue weighted by Crippen LogP contribution is 2.38. The first kappa shape index (κ1) is 54.2. The minimum absolute atomic E-state index is 0.0193. The van der Waals surface area contributed by atoms with Crippen LogP contribution in [0.5, 0.6) is 0 Å². The van der Waals surface area contributed by atoms with Gasteiger partial charge in [-0.1, -0.05) is 71.1 Å². The number of nitrogens with zero attached hydrogens (tertiary/aromatic N) is 1. The molecule has 15 atom stereocenters. The van der Waals surface area contributed by atoms with E-state index in [1.165, 1.54) is 12.0 Å². The highest BCUT2D eigenvalue weighted by atomic mass is 16.6. The maximum atomic E-state index is 14.4. The predicted molar refractivity (Wildman–Crippen MR) is 245 cm³/mol. The number of amides is 1. The van der Waals surface area contributed by atoms with Crippen molar-refractivity contribution in [3.63, 3.8) is 0 Å². The topological polar surface area (TPSA) is 195 Å². The second kappa shape index (κ2) is 25.1. The average Bonchev–Trinajstić information content (AvgIpc) is 3.28. The Hall–Kier alpha value is -3.37. The summed E-state index contributed by atoms with van der Waals surface area (Å²) in [5.41, 5.74) is 1.27. The zero-order valence-electron chi connectivity index (χ0n) is 40.6. The molecule has 14 nitrogen and oxygen atoms in total. The summed E-state index contributed by atoms with van der Waals surface area (Å²) >= 11 is 0. The summed E-state index contributed by atoms with van der Waals surface area (Å²) in [6.45, 7) is 12.7. The smallest absolute Gasteiger partial charge is 0.329 e. The Kier molecular flexibility index (Phi) is 21.0. The van der Waals surface area contributed by atoms with Gasteiger partial charge in [0.1, 0.15) is 30.1 Å². The molecule has 366 valence electrons. The number of ether oxygens (including phenoxy) is 5. The fourth-order valence-corrected chi connectivity index (χ4v) is 10.1. The number of rotatable bonds is 6. The molecule has 14 heteroatoms. The van der Waals surface area contributed by atoms with Crippen molar-refractivity contribution in [2.45, 2.75) is 180 Å². The van der Waals surface area contributed by atoms with Gasteiger partial charge in [-0.3, -0.25) is 19.2 Å². The lowest BCUT2D eigenvalue weighted by Gasteiger charge is -2.42. The summed E-state index contributed by atoms with van der Waals surface area (Å²) in [5.74, 6) is -7.96. The lowest BCUT2D eigenvalue weighted by Crippen LogP contribution is -2.61. The van der Waals surface area contributed by atoms with Crippen LogP contribution in [0.2, 0.25) is 0 Å². The van der Waals surface area contributed by atoms with Crippen molar-refractivity contribution in [2.75, 3.05) is 27.9 Å². The van der Waals surface area contributed by atoms with Gasteiger partial charge in [0.05, 0.1) is 24.4 Å². The van der Waals surface area contributed by atoms with E-state index >= 15 is 0 Å². The van der Waals surface area contributed by atoms with Crippen LogP contribution in [-0.4, -0.2) is 132 Å². The minimum atomic E-state index is -2.43. The first-order valence-corrected chi connectivity index (χ1v) is 23.9. The van der Waals surface area contributed by atoms with E-state index in [1.807, 2.05) is 58.1 Å². The van der Waals surface area contributed by atoms with Gasteiger partial charge in [-0.25, -0.2) is 4.79 Å². The molecule has 1 aliphatic carbocycles. The van der Waals surface area contributed by atoms with Gasteiger partial charge in [0.15, 0.2) is 5.78 Å². The summed E-state index contributed by atoms with van der Waals surface area (Å²) in [6.07, 6.45) is 11.2. The fourth-order valence-electron chi connectivity index (χ4n) is 10.1. The number of carbonyl (C=O) groups is 5. The van der Waals surface area contributed by atoms with E-state index in [0.717, 1.165) is 12.0 Å². The predicted octanol–water partition coefficient (Wildman–Crippen LogP) is 6.18. The third-order valence-corrected chi connectivity index (χ3v) is 14.5. The number of hydrogen-bond donors (Lipinski definition) is 3. The zero-order valence-corrected chi connectivity index (χ0v) is 40.6. The normalized spacial score (nSPS) is 39.1. The van der Waals surface area contributed by atoms with Crippen LogP contribution in [0, 0.1) is 35.5 Å². The van der Waals surface area contributed by atoms with Crippen LogP contribution in [0.3, 0.4) is 0 Å². The van der Waals surface area contributed by atoms with Gasteiger partial charge < -0.3 is 43.9 Å². The minimum Gasteiger partial charge on any atom is -0.460 e. The number of aliphatic hydroxyl groups excluding tert-OH is 2. The number of methoxy groups -OCH3 is 3. The van der Waals surface area contributed by atoms with E-state index < -0.39 is 83.9 Å². The molecule has 0 aromatic rings. The zero-order chi connectivity index (χ0) is 48.2. The second-order valence-corrected chi connectivity index (χ2v) is 19.6. The number of carbonyl (C=O) groups excluding carboxylic acids is 5. The van der Waals surface area contributed by atoms with E-state index in [1.54, 1.807) is 41.1 Å². The Morgan fingerprint density at radius 3 is 2.25 bits per heavy atom. The van der Waals surface area contributed by atoms with Crippen molar-refractivity contribution < 1.29 is 63.0 Å². The largest absolute Gasteiger partial charge is 0.460 e. The number of hydrogen-bond acceptors (Lipinski definition) is 13. The van der Waals surface area contributed by atoms with Gasteiger partial charge >= 0.3 is 5.97 Å². The lowest BCUT2D eigenvalue weighted by atomic mass is 9.78. The molecular formula is C51H79NO13. The third kappa shape index (κ3) is 14.3. The standard InChI is InChI=1S/C51H79NO13/c1-30-16-12-11-13-17-31(2)42(61-8)28-38-21-19-36(7)51(60,65-38)48(57)49(58)52-23-15-14-18-39(52)50(59)64-43(33(4)26-37-20-22-40(53)44(27-37)62-9)29-41(54)32(3)25-35(6)46(56)47(63-10)45(55)34(5)24-30/h11-13,16-17,25,30,32-34,36-40,42-44,46-47,53,56,60H,14-15,18-24,26-29H2,1-10H3/b13-11?,16-12+,31-17?,35-25+/t30-,32-,33-,34-,36-,37+,38+,39?,40-,42?,43+,44-,46-,47+,51-/m1/s1. The van der Waals surface area contributed by atoms with Crippen LogP contribution in [0.15, 0.2) is 47.6 Å². The maximum absolute atomic E-state index is 14.4. The number of allylic oxidation sites excluding steroid dienone is 6. The third-order valence-electron chi connectivity index (χ3n) is 14.5. The van der Waals surface area contributed by atoms with Crippen molar-refractivity contribution in [1.29, 1.82) is 0 Å². The number of piperidine rings is 1. The van der Waals surface area contributed by atoms with Crippen LogP contribution < -0.4 is 0 Å². The molecule has 0 aromatic heterocycles. The van der Waals surface area contributed by atoms with Crippen molar-refractivity contribution in [3.8, 4) is 0 Å². The summed E-state index contributed by atoms with van der Waals surface area (Å²) in [7, 11) is 4.52. The first-order valence-electron chi connectivity index (χ1n) is 23.9. The molecule has 1 saturated carbocycles. The Labute approximate surface area is 387 Å². The summed E-state index contributed by atoms with van der Waals surface area (Å²) in [5, 5.41) is 33.8. The molecule has 3 heterocycles. The number of fused-ring (bicyclic) bond motifs is 3. The Morgan fingerprint density at radius 1 is 0.846 bits per heavy atom. The van der Waals surface area contributed by atoms with E-state index in [2.05, 4.69) is 0 Å². The molecule has 0 aromatic carbocycles. The molecule has 2 bridgehead atoms. The second-order valence-electron chi connectivity index (χ2n) is 19.6. The molecule has 65 heavy (non-hydrogen) atoms. The molecule has 3 aliphatic heterocycles. The van der Waals surface area contributed by atoms with E-state index in [0.29, 0.717) is 63.4 Å². The molecular weight excluding hydrogens is 835 g/mol. The Balaban J connectivity index is 1.70. The molecule has 0 spiro atoms. The molecule has 3 N–H and O–H groups in total. The quantitative estimate of drug-likeness (QED) is 0.156. The van der Waals surface area contributed by atoms with Gasteiger partial charge in [0.2, 0.25) is 5.79 Å². The van der Waals surface area contributed by atoms with Crippen LogP contribution in [0.25, 0.3) is 0 Å². The molecule has 1 amide bonds. The number of Topliss-reactive ketones (excluding diaryl/α,β-unsaturated/α-hetero) is 3. The van der Waals surface area contributed by atoms with E-state index in [9.17, 15) is 39.3 Å². The highest BCUT2D eigenvalue weighted by Gasteiger charge is 2.53. The van der Waals surface area contributed by atoms with Gasteiger partial charge in [-0.2, -0.15) is 0 Å². The highest BCUT2D eigenvalue weighted by molar-refractivity contribution is 6.39. The first-order chi connectivity index (χ1) is 30.7. The van der Waals surface area contributed by atoms with Crippen LogP contribution >= 0.6 is 0 Å². The van der Waals surface area contributed by atoms with Gasteiger partial charge in [-0.15, -0.1) is 0 Å². The summed E-state index contributed by atoms with van der Waals surface area (Å²) in [4.78, 5) is 71.8. The summed E-state index contributed by atoms with van der Waals surface area (Å²) in [6, 6.07) is -1.14. The van der Waals surface area contributed by atoms with Crippen molar-refractivity contribution >= 4 is 29.2 Å². The number of ketones is 3. The SMILES string of the molecule is COC1C[C@@H]2CC[C@@H](C)[C@@](O)(O2)C(=O)C(=O)N2CCCCC2C(=O)O[C@H]([C@H](C)C[C@@H]2CC[C@@H](O)[C@H](OC)C2)CC(=O)[C@H](C)/C=C(\C)[C@@H](O)[C@@H](OC)C(=O)[C@H](C)C[C@H](C)/C=C/C=CC=C1C. The Morgan fingerprint density at radius 2 is 1.57 bits per heavy atom. The van der Waals surface area contributed by atoms with E-state index in [4.69, 9.17) is 23.7 Å². The van der Waals surface area contributed by atoms with Crippen molar-refractivity contribution in [1.82, 2.24) is 4.90 Å². The van der Waals surface area contributed by atoms with Crippen molar-refractivity contribution in [3.05, 3.63) is 47.6 Å².